The van der Waals surface area contributed by atoms with Crippen molar-refractivity contribution in [2.45, 2.75) is 26.7 Å². The zero-order valence-electron chi connectivity index (χ0n) is 22.3. The highest BCUT2D eigenvalue weighted by Gasteiger charge is 2.14. The Hall–Kier alpha value is -4.43. The van der Waals surface area contributed by atoms with Gasteiger partial charge in [0.25, 0.3) is 0 Å². The number of nitrogens with zero attached hydrogens (tertiary/aromatic N) is 2. The molecule has 0 atom stereocenters. The molecule has 38 heavy (non-hydrogen) atoms. The fourth-order valence-corrected chi connectivity index (χ4v) is 5.92. The molecule has 0 fully saturated rings. The third-order valence-electron chi connectivity index (χ3n) is 7.52. The Morgan fingerprint density at radius 1 is 0.579 bits per heavy atom. The van der Waals surface area contributed by atoms with Gasteiger partial charge in [-0.1, -0.05) is 123 Å². The molecule has 0 N–H and O–H groups in total. The van der Waals surface area contributed by atoms with E-state index in [0.717, 1.165) is 18.4 Å². The van der Waals surface area contributed by atoms with E-state index >= 15 is 0 Å². The molecule has 2 heteroatoms. The Labute approximate surface area is 223 Å². The molecule has 0 spiro atoms. The summed E-state index contributed by atoms with van der Waals surface area (Å²) in [5, 5.41) is 10.7. The van der Waals surface area contributed by atoms with Crippen molar-refractivity contribution in [3.05, 3.63) is 121 Å². The van der Waals surface area contributed by atoms with E-state index in [-0.39, 0.29) is 0 Å². The van der Waals surface area contributed by atoms with Crippen LogP contribution >= 0.6 is 0 Å². The lowest BCUT2D eigenvalue weighted by molar-refractivity contribution is 0.951. The molecule has 1 aliphatic rings. The van der Waals surface area contributed by atoms with Crippen LogP contribution < -0.4 is 0 Å². The van der Waals surface area contributed by atoms with Crippen molar-refractivity contribution in [1.29, 1.82) is 0 Å². The van der Waals surface area contributed by atoms with Gasteiger partial charge in [0.1, 0.15) is 0 Å². The zero-order chi connectivity index (χ0) is 26.1. The van der Waals surface area contributed by atoms with E-state index in [9.17, 15) is 0 Å². The largest absolute Gasteiger partial charge is 0.333 e. The van der Waals surface area contributed by atoms with E-state index in [2.05, 4.69) is 126 Å². The fraction of sp³-hybridized carbons (Fsp3) is 0.139. The Morgan fingerprint density at radius 2 is 1.05 bits per heavy atom. The topological polar surface area (TPSA) is 17.8 Å². The smallest absolute Gasteiger partial charge is 0.0969 e. The van der Waals surface area contributed by atoms with Gasteiger partial charge in [-0.2, -0.15) is 0 Å². The summed E-state index contributed by atoms with van der Waals surface area (Å²) in [6, 6.07) is 34.6. The molecule has 186 valence electrons. The van der Waals surface area contributed by atoms with Crippen molar-refractivity contribution in [3.63, 3.8) is 0 Å². The molecule has 1 aliphatic carbocycles. The summed E-state index contributed by atoms with van der Waals surface area (Å²) < 4.78 is 2.10. The second kappa shape index (κ2) is 10.1. The third-order valence-corrected chi connectivity index (χ3v) is 7.52. The summed E-state index contributed by atoms with van der Waals surface area (Å²) in [6.07, 6.45) is 8.81. The number of allylic oxidation sites excluding steroid dienone is 1. The maximum absolute atomic E-state index is 4.56. The summed E-state index contributed by atoms with van der Waals surface area (Å²) in [5.74, 6) is 0. The van der Waals surface area contributed by atoms with Gasteiger partial charge in [-0.15, -0.1) is 0 Å². The lowest BCUT2D eigenvalue weighted by Gasteiger charge is -2.17. The predicted molar refractivity (Wildman–Crippen MR) is 166 cm³/mol. The van der Waals surface area contributed by atoms with Crippen molar-refractivity contribution < 1.29 is 0 Å². The monoisotopic (exact) mass is 492 g/mol. The molecule has 7 aromatic rings. The van der Waals surface area contributed by atoms with E-state index in [1.165, 1.54) is 59.7 Å². The van der Waals surface area contributed by atoms with Crippen LogP contribution in [0.5, 0.6) is 0 Å². The summed E-state index contributed by atoms with van der Waals surface area (Å²) >= 11 is 0. The predicted octanol–water partition coefficient (Wildman–Crippen LogP) is 9.86. The van der Waals surface area contributed by atoms with Crippen molar-refractivity contribution >= 4 is 60.2 Å². The molecule has 8 rings (SSSR count). The number of hydrogen-bond acceptors (Lipinski definition) is 1. The highest BCUT2D eigenvalue weighted by Crippen LogP contribution is 2.36. The van der Waals surface area contributed by atoms with E-state index < -0.39 is 0 Å². The van der Waals surface area contributed by atoms with Crippen LogP contribution in [0.2, 0.25) is 0 Å². The van der Waals surface area contributed by atoms with Gasteiger partial charge in [0, 0.05) is 17.8 Å². The van der Waals surface area contributed by atoms with E-state index in [1.807, 2.05) is 20.2 Å². The first kappa shape index (κ1) is 23.9. The zero-order valence-corrected chi connectivity index (χ0v) is 22.3. The number of benzene rings is 6. The number of aryl methyl sites for hydroxylation is 2. The minimum absolute atomic E-state index is 1.09. The lowest BCUT2D eigenvalue weighted by Crippen LogP contribution is -1.97. The van der Waals surface area contributed by atoms with Crippen molar-refractivity contribution in [2.24, 2.45) is 7.05 Å². The number of rotatable bonds is 0. The summed E-state index contributed by atoms with van der Waals surface area (Å²) in [4.78, 5) is 4.56. The maximum Gasteiger partial charge on any atom is 0.0969 e. The van der Waals surface area contributed by atoms with Crippen LogP contribution in [0.15, 0.2) is 109 Å². The van der Waals surface area contributed by atoms with Gasteiger partial charge in [0.15, 0.2) is 0 Å². The Morgan fingerprint density at radius 3 is 1.71 bits per heavy atom. The van der Waals surface area contributed by atoms with Crippen LogP contribution in [0.3, 0.4) is 0 Å². The van der Waals surface area contributed by atoms with E-state index in [1.54, 1.807) is 0 Å². The van der Waals surface area contributed by atoms with Crippen LogP contribution in [0.25, 0.3) is 60.2 Å². The Kier molecular flexibility index (Phi) is 6.39. The SMILES string of the molecule is C1=Cc2c(c3ccccc3c3ccccc23)CC1.CC.Cn1cnc2c3ccccc3c3ccccc3c21. The molecule has 0 bridgehead atoms. The molecule has 1 heterocycles. The second-order valence-corrected chi connectivity index (χ2v) is 9.57. The van der Waals surface area contributed by atoms with Crippen LogP contribution in [0, 0.1) is 0 Å². The highest BCUT2D eigenvalue weighted by atomic mass is 15.0. The number of fused-ring (bicyclic) bond motifs is 12. The van der Waals surface area contributed by atoms with Gasteiger partial charge < -0.3 is 4.57 Å². The summed E-state index contributed by atoms with van der Waals surface area (Å²) in [6.45, 7) is 4.00. The molecule has 0 radical (unpaired) electrons. The number of imidazole rings is 1. The number of hydrogen-bond donors (Lipinski definition) is 0. The minimum atomic E-state index is 1.09. The first-order valence-electron chi connectivity index (χ1n) is 13.6. The maximum atomic E-state index is 4.56. The minimum Gasteiger partial charge on any atom is -0.333 e. The Balaban J connectivity index is 0.000000131. The van der Waals surface area contributed by atoms with Gasteiger partial charge in [0.05, 0.1) is 17.4 Å². The molecule has 2 nitrogen and oxygen atoms in total. The molecule has 0 unspecified atom stereocenters. The van der Waals surface area contributed by atoms with Gasteiger partial charge in [0.2, 0.25) is 0 Å². The molecule has 0 saturated heterocycles. The first-order valence-corrected chi connectivity index (χ1v) is 13.6. The highest BCUT2D eigenvalue weighted by molar-refractivity contribution is 6.23. The molecular formula is C36H32N2. The van der Waals surface area contributed by atoms with Gasteiger partial charge >= 0.3 is 0 Å². The molecule has 0 saturated carbocycles. The van der Waals surface area contributed by atoms with Crippen molar-refractivity contribution in [2.75, 3.05) is 0 Å². The molecule has 1 aromatic heterocycles. The molecule has 0 aliphatic heterocycles. The third kappa shape index (κ3) is 3.85. The van der Waals surface area contributed by atoms with Crippen LogP contribution in [0.1, 0.15) is 31.4 Å². The average molecular weight is 493 g/mol. The Bertz CT molecular complexity index is 1960. The summed E-state index contributed by atoms with van der Waals surface area (Å²) in [7, 11) is 2.05. The normalized spacial score (nSPS) is 12.3. The average Bonchev–Trinajstić information content (AvgIpc) is 3.41. The van der Waals surface area contributed by atoms with Crippen molar-refractivity contribution in [3.8, 4) is 0 Å². The van der Waals surface area contributed by atoms with E-state index in [4.69, 9.17) is 0 Å². The second-order valence-electron chi connectivity index (χ2n) is 9.57. The molecule has 0 amide bonds. The lowest BCUT2D eigenvalue weighted by atomic mass is 9.87. The van der Waals surface area contributed by atoms with Crippen LogP contribution in [-0.4, -0.2) is 9.55 Å². The van der Waals surface area contributed by atoms with Gasteiger partial charge in [-0.25, -0.2) is 4.98 Å². The van der Waals surface area contributed by atoms with Crippen LogP contribution in [0.4, 0.5) is 0 Å². The molecular weight excluding hydrogens is 460 g/mol. The van der Waals surface area contributed by atoms with Crippen molar-refractivity contribution in [1.82, 2.24) is 9.55 Å². The first-order chi connectivity index (χ1) is 18.8. The van der Waals surface area contributed by atoms with Gasteiger partial charge in [-0.3, -0.25) is 0 Å². The summed E-state index contributed by atoms with van der Waals surface area (Å²) in [5.41, 5.74) is 5.25. The van der Waals surface area contributed by atoms with Gasteiger partial charge in [-0.05, 0) is 56.3 Å². The fourth-order valence-electron chi connectivity index (χ4n) is 5.92. The molecule has 6 aromatic carbocycles. The standard InChI is InChI=1S/C18H14.C16H12N2.C2H6/c1-2-8-14-13(7-1)15-9-3-4-11-17(15)18-12-6-5-10-16(14)18;1-18-10-17-15-13-8-4-2-6-11(13)12-7-3-5-9-14(12)16(15)18;1-2/h1-5,7-11H,6,12H2;2-10H,1H3;1-2H3. The quantitative estimate of drug-likeness (QED) is 0.193. The van der Waals surface area contributed by atoms with E-state index in [0.29, 0.717) is 0 Å². The van der Waals surface area contributed by atoms with Crippen LogP contribution in [-0.2, 0) is 13.5 Å². The number of aromatic nitrogens is 2.